The molecule has 0 aliphatic carbocycles. The molecule has 0 atom stereocenters. The zero-order chi connectivity index (χ0) is 20.0. The molecule has 8 heteroatoms. The standard InChI is InChI=1S/C20H22N4O3S/c21-14-18-8-4-5-9-19(18)28(26,27)24-12-10-23(11-13-24)16-20(25)22-15-17-6-2-1-3-7-17/h1-9H,10-13,15-16H2,(H,22,25). The van der Waals surface area contributed by atoms with Crippen LogP contribution in [0.1, 0.15) is 11.1 Å². The van der Waals surface area contributed by atoms with Crippen LogP contribution in [0.15, 0.2) is 59.5 Å². The molecule has 28 heavy (non-hydrogen) atoms. The molecule has 1 aliphatic heterocycles. The van der Waals surface area contributed by atoms with Gasteiger partial charge in [-0.15, -0.1) is 0 Å². The summed E-state index contributed by atoms with van der Waals surface area (Å²) in [4.78, 5) is 14.1. The topological polar surface area (TPSA) is 93.5 Å². The van der Waals surface area contributed by atoms with Crippen molar-refractivity contribution < 1.29 is 13.2 Å². The van der Waals surface area contributed by atoms with Gasteiger partial charge in [0.05, 0.1) is 17.0 Å². The first-order valence-electron chi connectivity index (χ1n) is 9.03. The molecular formula is C20H22N4O3S. The average Bonchev–Trinajstić information content (AvgIpc) is 2.73. The molecule has 0 radical (unpaired) electrons. The molecule has 0 bridgehead atoms. The number of nitrogens with one attached hydrogen (secondary N) is 1. The maximum absolute atomic E-state index is 12.8. The van der Waals surface area contributed by atoms with Gasteiger partial charge in [0.15, 0.2) is 0 Å². The van der Waals surface area contributed by atoms with Gasteiger partial charge >= 0.3 is 0 Å². The maximum Gasteiger partial charge on any atom is 0.244 e. The van der Waals surface area contributed by atoms with Crippen molar-refractivity contribution in [2.24, 2.45) is 0 Å². The van der Waals surface area contributed by atoms with Crippen LogP contribution in [0.4, 0.5) is 0 Å². The van der Waals surface area contributed by atoms with Crippen molar-refractivity contribution in [3.63, 3.8) is 0 Å². The summed E-state index contributed by atoms with van der Waals surface area (Å²) >= 11 is 0. The average molecular weight is 398 g/mol. The number of piperazine rings is 1. The predicted octanol–water partition coefficient (Wildman–Crippen LogP) is 1.18. The summed E-state index contributed by atoms with van der Waals surface area (Å²) in [6, 6.07) is 17.8. The molecule has 2 aromatic carbocycles. The van der Waals surface area contributed by atoms with Gasteiger partial charge in [0, 0.05) is 32.7 Å². The normalized spacial score (nSPS) is 15.7. The first-order valence-corrected chi connectivity index (χ1v) is 10.5. The third-order valence-corrected chi connectivity index (χ3v) is 6.61. The zero-order valence-corrected chi connectivity index (χ0v) is 16.2. The van der Waals surface area contributed by atoms with Crippen molar-refractivity contribution in [1.82, 2.24) is 14.5 Å². The van der Waals surface area contributed by atoms with Gasteiger partial charge in [0.1, 0.15) is 6.07 Å². The lowest BCUT2D eigenvalue weighted by atomic mass is 10.2. The first kappa shape index (κ1) is 20.0. The van der Waals surface area contributed by atoms with Crippen LogP contribution in [0.3, 0.4) is 0 Å². The molecule has 0 aromatic heterocycles. The monoisotopic (exact) mass is 398 g/mol. The number of rotatable bonds is 6. The highest BCUT2D eigenvalue weighted by Gasteiger charge is 2.30. The Kier molecular flexibility index (Phi) is 6.41. The van der Waals surface area contributed by atoms with Crippen LogP contribution in [-0.2, 0) is 21.4 Å². The molecule has 1 heterocycles. The summed E-state index contributed by atoms with van der Waals surface area (Å²) in [7, 11) is -3.72. The van der Waals surface area contributed by atoms with Crippen molar-refractivity contribution in [2.45, 2.75) is 11.4 Å². The van der Waals surface area contributed by atoms with Crippen LogP contribution in [-0.4, -0.2) is 56.3 Å². The highest BCUT2D eigenvalue weighted by atomic mass is 32.2. The Bertz CT molecular complexity index is 962. The zero-order valence-electron chi connectivity index (χ0n) is 15.4. The molecule has 1 saturated heterocycles. The minimum absolute atomic E-state index is 0.0338. The van der Waals surface area contributed by atoms with Crippen molar-refractivity contribution in [2.75, 3.05) is 32.7 Å². The lowest BCUT2D eigenvalue weighted by Gasteiger charge is -2.33. The Morgan fingerprint density at radius 2 is 1.64 bits per heavy atom. The summed E-state index contributed by atoms with van der Waals surface area (Å²) in [5, 5.41) is 12.0. The van der Waals surface area contributed by atoms with E-state index >= 15 is 0 Å². The highest BCUT2D eigenvalue weighted by molar-refractivity contribution is 7.89. The number of amides is 1. The summed E-state index contributed by atoms with van der Waals surface area (Å²) in [6.45, 7) is 2.20. The van der Waals surface area contributed by atoms with E-state index in [-0.39, 0.29) is 36.0 Å². The second-order valence-electron chi connectivity index (χ2n) is 6.55. The minimum Gasteiger partial charge on any atom is -0.351 e. The Hall–Kier alpha value is -2.73. The maximum atomic E-state index is 12.8. The highest BCUT2D eigenvalue weighted by Crippen LogP contribution is 2.20. The number of hydrogen-bond donors (Lipinski definition) is 1. The quantitative estimate of drug-likeness (QED) is 0.789. The molecular weight excluding hydrogens is 376 g/mol. The fourth-order valence-electron chi connectivity index (χ4n) is 3.11. The third kappa shape index (κ3) is 4.75. The van der Waals surface area contributed by atoms with E-state index in [1.165, 1.54) is 16.4 Å². The molecule has 3 rings (SSSR count). The van der Waals surface area contributed by atoms with Gasteiger partial charge in [-0.25, -0.2) is 8.42 Å². The van der Waals surface area contributed by atoms with Crippen LogP contribution in [0.2, 0.25) is 0 Å². The molecule has 1 aliphatic rings. The van der Waals surface area contributed by atoms with Gasteiger partial charge in [0.2, 0.25) is 15.9 Å². The van der Waals surface area contributed by atoms with Crippen LogP contribution in [0.5, 0.6) is 0 Å². The van der Waals surface area contributed by atoms with E-state index in [9.17, 15) is 13.2 Å². The first-order chi connectivity index (χ1) is 13.5. The van der Waals surface area contributed by atoms with E-state index in [0.717, 1.165) is 5.56 Å². The molecule has 1 fully saturated rings. The fraction of sp³-hybridized carbons (Fsp3) is 0.300. The molecule has 0 unspecified atom stereocenters. The number of carbonyl (C=O) groups is 1. The SMILES string of the molecule is N#Cc1ccccc1S(=O)(=O)N1CCN(CC(=O)NCc2ccccc2)CC1. The van der Waals surface area contributed by atoms with Crippen molar-refractivity contribution in [3.05, 3.63) is 65.7 Å². The predicted molar refractivity (Wildman–Crippen MR) is 105 cm³/mol. The molecule has 2 aromatic rings. The molecule has 146 valence electrons. The Balaban J connectivity index is 1.53. The molecule has 0 saturated carbocycles. The smallest absolute Gasteiger partial charge is 0.244 e. The van der Waals surface area contributed by atoms with Crippen LogP contribution < -0.4 is 5.32 Å². The molecule has 7 nitrogen and oxygen atoms in total. The minimum atomic E-state index is -3.72. The van der Waals surface area contributed by atoms with Crippen LogP contribution in [0, 0.1) is 11.3 Å². The molecule has 1 amide bonds. The second-order valence-corrected chi connectivity index (χ2v) is 8.46. The van der Waals surface area contributed by atoms with Gasteiger partial charge in [-0.05, 0) is 17.7 Å². The summed E-state index contributed by atoms with van der Waals surface area (Å²) in [5.41, 5.74) is 1.17. The van der Waals surface area contributed by atoms with E-state index in [1.54, 1.807) is 12.1 Å². The van der Waals surface area contributed by atoms with Crippen LogP contribution >= 0.6 is 0 Å². The number of nitriles is 1. The molecule has 0 spiro atoms. The summed E-state index contributed by atoms with van der Waals surface area (Å²) < 4.78 is 27.0. The van der Waals surface area contributed by atoms with Gasteiger partial charge in [-0.1, -0.05) is 42.5 Å². The van der Waals surface area contributed by atoms with Gasteiger partial charge in [0.25, 0.3) is 0 Å². The summed E-state index contributed by atoms with van der Waals surface area (Å²) in [5.74, 6) is -0.0880. The summed E-state index contributed by atoms with van der Waals surface area (Å²) in [6.07, 6.45) is 0. The van der Waals surface area contributed by atoms with Crippen molar-refractivity contribution in [3.8, 4) is 6.07 Å². The van der Waals surface area contributed by atoms with Crippen molar-refractivity contribution >= 4 is 15.9 Å². The lowest BCUT2D eigenvalue weighted by molar-refractivity contribution is -0.122. The van der Waals surface area contributed by atoms with E-state index in [4.69, 9.17) is 5.26 Å². The van der Waals surface area contributed by atoms with E-state index in [1.807, 2.05) is 41.3 Å². The van der Waals surface area contributed by atoms with E-state index < -0.39 is 10.0 Å². The largest absolute Gasteiger partial charge is 0.351 e. The fourth-order valence-corrected chi connectivity index (χ4v) is 4.67. The Morgan fingerprint density at radius 3 is 2.32 bits per heavy atom. The Labute approximate surface area is 165 Å². The Morgan fingerprint density at radius 1 is 1.00 bits per heavy atom. The molecule has 1 N–H and O–H groups in total. The number of carbonyl (C=O) groups excluding carboxylic acids is 1. The number of nitrogens with zero attached hydrogens (tertiary/aromatic N) is 3. The third-order valence-electron chi connectivity index (χ3n) is 4.66. The van der Waals surface area contributed by atoms with Crippen molar-refractivity contribution in [1.29, 1.82) is 5.26 Å². The lowest BCUT2D eigenvalue weighted by Crippen LogP contribution is -2.51. The number of sulfonamides is 1. The number of benzene rings is 2. The van der Waals surface area contributed by atoms with Gasteiger partial charge in [-0.3, -0.25) is 9.69 Å². The van der Waals surface area contributed by atoms with E-state index in [0.29, 0.717) is 19.6 Å². The van der Waals surface area contributed by atoms with Gasteiger partial charge < -0.3 is 5.32 Å². The number of hydrogen-bond acceptors (Lipinski definition) is 5. The second kappa shape index (κ2) is 8.97. The van der Waals surface area contributed by atoms with E-state index in [2.05, 4.69) is 5.32 Å². The van der Waals surface area contributed by atoms with Crippen LogP contribution in [0.25, 0.3) is 0 Å². The van der Waals surface area contributed by atoms with Gasteiger partial charge in [-0.2, -0.15) is 9.57 Å².